The Kier molecular flexibility index (Phi) is 4.45. The highest BCUT2D eigenvalue weighted by atomic mass is 79.9. The van der Waals surface area contributed by atoms with Gasteiger partial charge in [0.25, 0.3) is 5.91 Å². The van der Waals surface area contributed by atoms with Gasteiger partial charge in [0.2, 0.25) is 0 Å². The van der Waals surface area contributed by atoms with Crippen molar-refractivity contribution in [1.29, 1.82) is 0 Å². The Balaban J connectivity index is 2.05. The summed E-state index contributed by atoms with van der Waals surface area (Å²) in [6, 6.07) is 12.5. The van der Waals surface area contributed by atoms with Crippen LogP contribution < -0.4 is 11.1 Å². The van der Waals surface area contributed by atoms with Crippen molar-refractivity contribution in [2.24, 2.45) is 0 Å². The molecule has 0 bridgehead atoms. The van der Waals surface area contributed by atoms with Crippen LogP contribution in [0.15, 0.2) is 46.9 Å². The van der Waals surface area contributed by atoms with E-state index in [4.69, 9.17) is 17.3 Å². The van der Waals surface area contributed by atoms with Crippen molar-refractivity contribution in [2.75, 3.05) is 5.73 Å². The van der Waals surface area contributed by atoms with Crippen LogP contribution in [-0.4, -0.2) is 5.91 Å². The van der Waals surface area contributed by atoms with Crippen LogP contribution in [0.3, 0.4) is 0 Å². The quantitative estimate of drug-likeness (QED) is 0.839. The lowest BCUT2D eigenvalue weighted by molar-refractivity contribution is 0.0951. The zero-order chi connectivity index (χ0) is 13.8. The van der Waals surface area contributed by atoms with Crippen LogP contribution in [0.25, 0.3) is 0 Å². The maximum atomic E-state index is 12.0. The molecule has 3 nitrogen and oxygen atoms in total. The van der Waals surface area contributed by atoms with E-state index in [1.807, 2.05) is 18.2 Å². The number of nitrogen functional groups attached to an aromatic ring is 1. The molecule has 2 aromatic carbocycles. The van der Waals surface area contributed by atoms with Crippen LogP contribution in [0.2, 0.25) is 5.02 Å². The first-order valence-electron chi connectivity index (χ1n) is 5.64. The van der Waals surface area contributed by atoms with Gasteiger partial charge >= 0.3 is 0 Å². The van der Waals surface area contributed by atoms with E-state index in [-0.39, 0.29) is 5.91 Å². The molecule has 98 valence electrons. The number of anilines is 1. The fraction of sp³-hybridized carbons (Fsp3) is 0.0714. The maximum Gasteiger partial charge on any atom is 0.251 e. The topological polar surface area (TPSA) is 55.1 Å². The molecule has 0 heterocycles. The molecule has 0 radical (unpaired) electrons. The average molecular weight is 340 g/mol. The molecule has 0 saturated heterocycles. The zero-order valence-corrected chi connectivity index (χ0v) is 12.3. The number of halogens is 2. The molecule has 2 aromatic rings. The van der Waals surface area contributed by atoms with Gasteiger partial charge < -0.3 is 11.1 Å². The van der Waals surface area contributed by atoms with Gasteiger partial charge in [-0.05, 0) is 45.8 Å². The molecular weight excluding hydrogens is 328 g/mol. The lowest BCUT2D eigenvalue weighted by Gasteiger charge is -2.08. The highest BCUT2D eigenvalue weighted by Crippen LogP contribution is 2.20. The zero-order valence-electron chi connectivity index (χ0n) is 9.99. The predicted molar refractivity (Wildman–Crippen MR) is 81.2 cm³/mol. The Morgan fingerprint density at radius 2 is 2.00 bits per heavy atom. The Morgan fingerprint density at radius 3 is 2.68 bits per heavy atom. The van der Waals surface area contributed by atoms with Gasteiger partial charge in [-0.25, -0.2) is 0 Å². The van der Waals surface area contributed by atoms with Crippen LogP contribution in [0.4, 0.5) is 5.69 Å². The monoisotopic (exact) mass is 338 g/mol. The number of benzene rings is 2. The van der Waals surface area contributed by atoms with Crippen molar-refractivity contribution in [2.45, 2.75) is 6.54 Å². The van der Waals surface area contributed by atoms with E-state index in [1.54, 1.807) is 24.3 Å². The van der Waals surface area contributed by atoms with Gasteiger partial charge in [0.05, 0.1) is 0 Å². The average Bonchev–Trinajstić information content (AvgIpc) is 2.40. The molecule has 1 amide bonds. The number of nitrogens with one attached hydrogen (secondary N) is 1. The molecule has 0 fully saturated rings. The van der Waals surface area contributed by atoms with E-state index >= 15 is 0 Å². The van der Waals surface area contributed by atoms with E-state index in [2.05, 4.69) is 21.2 Å². The Bertz CT molecular complexity index is 616. The van der Waals surface area contributed by atoms with Gasteiger partial charge in [-0.3, -0.25) is 4.79 Å². The van der Waals surface area contributed by atoms with Crippen molar-refractivity contribution in [3.05, 3.63) is 63.1 Å². The van der Waals surface area contributed by atoms with E-state index < -0.39 is 0 Å². The second kappa shape index (κ2) is 6.08. The second-order valence-corrected chi connectivity index (χ2v) is 5.27. The molecule has 2 rings (SSSR count). The molecule has 0 aliphatic heterocycles. The first kappa shape index (κ1) is 13.9. The predicted octanol–water partition coefficient (Wildman–Crippen LogP) is 3.61. The number of hydrogen-bond donors (Lipinski definition) is 2. The summed E-state index contributed by atoms with van der Waals surface area (Å²) in [7, 11) is 0. The highest BCUT2D eigenvalue weighted by molar-refractivity contribution is 9.10. The summed E-state index contributed by atoms with van der Waals surface area (Å²) >= 11 is 9.32. The largest absolute Gasteiger partial charge is 0.398 e. The summed E-state index contributed by atoms with van der Waals surface area (Å²) in [4.78, 5) is 12.0. The van der Waals surface area contributed by atoms with E-state index in [0.717, 1.165) is 5.56 Å². The molecule has 0 spiro atoms. The number of carbonyl (C=O) groups excluding carboxylic acids is 1. The molecule has 3 N–H and O–H groups in total. The van der Waals surface area contributed by atoms with Crippen molar-refractivity contribution in [1.82, 2.24) is 5.32 Å². The Morgan fingerprint density at radius 1 is 1.26 bits per heavy atom. The summed E-state index contributed by atoms with van der Waals surface area (Å²) in [5, 5.41) is 3.46. The van der Waals surface area contributed by atoms with Gasteiger partial charge in [0, 0.05) is 27.3 Å². The first-order chi connectivity index (χ1) is 9.08. The van der Waals surface area contributed by atoms with Gasteiger partial charge in [-0.15, -0.1) is 0 Å². The summed E-state index contributed by atoms with van der Waals surface area (Å²) in [5.41, 5.74) is 7.71. The third kappa shape index (κ3) is 3.49. The molecule has 0 aliphatic rings. The van der Waals surface area contributed by atoms with Gasteiger partial charge in [-0.2, -0.15) is 0 Å². The molecule has 0 saturated carbocycles. The fourth-order valence-electron chi connectivity index (χ4n) is 1.59. The minimum Gasteiger partial charge on any atom is -0.398 e. The van der Waals surface area contributed by atoms with Crippen LogP contribution in [0, 0.1) is 0 Å². The Labute approximate surface area is 124 Å². The lowest BCUT2D eigenvalue weighted by atomic mass is 10.2. The van der Waals surface area contributed by atoms with Crippen LogP contribution in [0.5, 0.6) is 0 Å². The third-order valence-corrected chi connectivity index (χ3v) is 3.72. The molecule has 0 atom stereocenters. The normalized spacial score (nSPS) is 10.2. The van der Waals surface area contributed by atoms with Crippen LogP contribution >= 0.6 is 27.5 Å². The SMILES string of the molecule is Nc1ccc(C(=O)NCc2ccccc2Cl)cc1Br. The summed E-state index contributed by atoms with van der Waals surface area (Å²) in [6.45, 7) is 0.389. The van der Waals surface area contributed by atoms with Crippen LogP contribution in [-0.2, 0) is 6.54 Å². The van der Waals surface area contributed by atoms with Crippen molar-refractivity contribution in [3.63, 3.8) is 0 Å². The van der Waals surface area contributed by atoms with Gasteiger partial charge in [0.1, 0.15) is 0 Å². The molecule has 19 heavy (non-hydrogen) atoms. The Hall–Kier alpha value is -1.52. The van der Waals surface area contributed by atoms with Crippen molar-refractivity contribution < 1.29 is 4.79 Å². The number of carbonyl (C=O) groups is 1. The first-order valence-corrected chi connectivity index (χ1v) is 6.81. The van der Waals surface area contributed by atoms with Crippen LogP contribution in [0.1, 0.15) is 15.9 Å². The van der Waals surface area contributed by atoms with Gasteiger partial charge in [0.15, 0.2) is 0 Å². The van der Waals surface area contributed by atoms with E-state index in [0.29, 0.717) is 27.3 Å². The summed E-state index contributed by atoms with van der Waals surface area (Å²) < 4.78 is 0.706. The maximum absolute atomic E-state index is 12.0. The molecule has 0 aliphatic carbocycles. The van der Waals surface area contributed by atoms with Gasteiger partial charge in [-0.1, -0.05) is 29.8 Å². The summed E-state index contributed by atoms with van der Waals surface area (Å²) in [6.07, 6.45) is 0. The van der Waals surface area contributed by atoms with Crippen molar-refractivity contribution in [3.8, 4) is 0 Å². The fourth-order valence-corrected chi connectivity index (χ4v) is 2.17. The second-order valence-electron chi connectivity index (χ2n) is 4.01. The minimum absolute atomic E-state index is 0.166. The van der Waals surface area contributed by atoms with E-state index in [9.17, 15) is 4.79 Å². The molecular formula is C14H12BrClN2O. The summed E-state index contributed by atoms with van der Waals surface area (Å²) in [5.74, 6) is -0.166. The molecule has 0 aromatic heterocycles. The number of rotatable bonds is 3. The smallest absolute Gasteiger partial charge is 0.251 e. The van der Waals surface area contributed by atoms with Crippen molar-refractivity contribution >= 4 is 39.1 Å². The molecule has 5 heteroatoms. The number of amides is 1. The highest BCUT2D eigenvalue weighted by Gasteiger charge is 2.08. The number of nitrogens with two attached hydrogens (primary N) is 1. The minimum atomic E-state index is -0.166. The standard InChI is InChI=1S/C14H12BrClN2O/c15-11-7-9(5-6-13(11)17)14(19)18-8-10-3-1-2-4-12(10)16/h1-7H,8,17H2,(H,18,19). The third-order valence-electron chi connectivity index (χ3n) is 2.66. The number of hydrogen-bond acceptors (Lipinski definition) is 2. The lowest BCUT2D eigenvalue weighted by Crippen LogP contribution is -2.22. The molecule has 0 unspecified atom stereocenters. The van der Waals surface area contributed by atoms with E-state index in [1.165, 1.54) is 0 Å².